The molecule has 1 fully saturated rings. The van der Waals surface area contributed by atoms with E-state index >= 15 is 0 Å². The SMILES string of the molecule is COc1cccc(-c2cn(CCN3CCC(O)CC3)c3ncnc(N)c23)c1. The van der Waals surface area contributed by atoms with Crippen LogP contribution in [0.1, 0.15) is 12.8 Å². The molecule has 3 N–H and O–H groups in total. The third-order valence-corrected chi connectivity index (χ3v) is 5.28. The van der Waals surface area contributed by atoms with Gasteiger partial charge in [0, 0.05) is 37.9 Å². The fourth-order valence-electron chi connectivity index (χ4n) is 3.72. The molecule has 1 saturated heterocycles. The van der Waals surface area contributed by atoms with Crippen LogP contribution in [0.15, 0.2) is 36.8 Å². The van der Waals surface area contributed by atoms with Crippen LogP contribution in [0.2, 0.25) is 0 Å². The smallest absolute Gasteiger partial charge is 0.146 e. The van der Waals surface area contributed by atoms with Crippen LogP contribution in [-0.2, 0) is 6.54 Å². The number of aliphatic hydroxyl groups is 1. The summed E-state index contributed by atoms with van der Waals surface area (Å²) in [5.74, 6) is 1.29. The summed E-state index contributed by atoms with van der Waals surface area (Å²) in [7, 11) is 1.66. The zero-order valence-electron chi connectivity index (χ0n) is 15.5. The number of rotatable bonds is 5. The Morgan fingerprint density at radius 1 is 1.22 bits per heavy atom. The van der Waals surface area contributed by atoms with E-state index < -0.39 is 0 Å². The van der Waals surface area contributed by atoms with Gasteiger partial charge in [0.1, 0.15) is 23.5 Å². The molecule has 142 valence electrons. The van der Waals surface area contributed by atoms with Crippen molar-refractivity contribution in [3.8, 4) is 16.9 Å². The lowest BCUT2D eigenvalue weighted by Gasteiger charge is -2.29. The third-order valence-electron chi connectivity index (χ3n) is 5.28. The molecule has 4 rings (SSSR count). The number of anilines is 1. The first kappa shape index (κ1) is 17.8. The van der Waals surface area contributed by atoms with Gasteiger partial charge in [-0.25, -0.2) is 9.97 Å². The summed E-state index contributed by atoms with van der Waals surface area (Å²) in [5, 5.41) is 10.6. The highest BCUT2D eigenvalue weighted by molar-refractivity contribution is 6.00. The normalized spacial score (nSPS) is 16.1. The van der Waals surface area contributed by atoms with Crippen LogP contribution < -0.4 is 10.5 Å². The molecule has 2 aromatic heterocycles. The summed E-state index contributed by atoms with van der Waals surface area (Å²) in [6.07, 6.45) is 5.15. The van der Waals surface area contributed by atoms with Gasteiger partial charge < -0.3 is 25.0 Å². The Morgan fingerprint density at radius 3 is 2.81 bits per heavy atom. The number of hydrogen-bond donors (Lipinski definition) is 2. The molecule has 7 heteroatoms. The van der Waals surface area contributed by atoms with Crippen molar-refractivity contribution in [1.82, 2.24) is 19.4 Å². The van der Waals surface area contributed by atoms with Crippen LogP contribution in [0.25, 0.3) is 22.2 Å². The van der Waals surface area contributed by atoms with Gasteiger partial charge in [-0.05, 0) is 30.5 Å². The van der Waals surface area contributed by atoms with E-state index in [-0.39, 0.29) is 6.10 Å². The van der Waals surface area contributed by atoms with E-state index in [2.05, 4.69) is 25.6 Å². The molecule has 7 nitrogen and oxygen atoms in total. The van der Waals surface area contributed by atoms with Crippen molar-refractivity contribution in [3.63, 3.8) is 0 Å². The molecule has 0 unspecified atom stereocenters. The molecule has 0 atom stereocenters. The van der Waals surface area contributed by atoms with E-state index in [1.54, 1.807) is 7.11 Å². The van der Waals surface area contributed by atoms with Crippen molar-refractivity contribution in [2.45, 2.75) is 25.5 Å². The van der Waals surface area contributed by atoms with Crippen molar-refractivity contribution in [2.24, 2.45) is 0 Å². The number of nitrogens with zero attached hydrogens (tertiary/aromatic N) is 4. The molecule has 3 heterocycles. The Hall–Kier alpha value is -2.64. The van der Waals surface area contributed by atoms with Crippen LogP contribution in [-0.4, -0.2) is 57.4 Å². The van der Waals surface area contributed by atoms with Gasteiger partial charge in [0.2, 0.25) is 0 Å². The molecule has 1 aliphatic rings. The Morgan fingerprint density at radius 2 is 2.04 bits per heavy atom. The van der Waals surface area contributed by atoms with Gasteiger partial charge in [-0.2, -0.15) is 0 Å². The number of fused-ring (bicyclic) bond motifs is 1. The average molecular weight is 367 g/mol. The van der Waals surface area contributed by atoms with Crippen LogP contribution in [0.3, 0.4) is 0 Å². The maximum atomic E-state index is 9.68. The van der Waals surface area contributed by atoms with Crippen LogP contribution in [0.4, 0.5) is 5.82 Å². The Balaban J connectivity index is 1.66. The predicted molar refractivity (Wildman–Crippen MR) is 106 cm³/mol. The first-order chi connectivity index (χ1) is 13.2. The molecule has 3 aromatic rings. The molecule has 0 saturated carbocycles. The number of methoxy groups -OCH3 is 1. The third kappa shape index (κ3) is 3.61. The number of aromatic nitrogens is 3. The van der Waals surface area contributed by atoms with Gasteiger partial charge in [0.05, 0.1) is 18.6 Å². The predicted octanol–water partition coefficient (Wildman–Crippen LogP) is 2.15. The Bertz CT molecular complexity index is 931. The number of piperidine rings is 1. The lowest BCUT2D eigenvalue weighted by atomic mass is 10.1. The standard InChI is InChI=1S/C20H25N5O2/c1-27-16-4-2-3-14(11-16)17-12-25(20-18(17)19(21)22-13-23-20)10-9-24-7-5-15(26)6-8-24/h2-4,11-13,15,26H,5-10H2,1H3,(H2,21,22,23). The molecular weight excluding hydrogens is 342 g/mol. The maximum absolute atomic E-state index is 9.68. The molecule has 0 spiro atoms. The summed E-state index contributed by atoms with van der Waals surface area (Å²) in [5.41, 5.74) is 9.08. The number of benzene rings is 1. The second-order valence-corrected chi connectivity index (χ2v) is 7.00. The van der Waals surface area contributed by atoms with E-state index in [4.69, 9.17) is 10.5 Å². The molecule has 27 heavy (non-hydrogen) atoms. The Labute approximate surface area is 158 Å². The summed E-state index contributed by atoms with van der Waals surface area (Å²) in [6.45, 7) is 3.59. The number of aliphatic hydroxyl groups excluding tert-OH is 1. The highest BCUT2D eigenvalue weighted by atomic mass is 16.5. The summed E-state index contributed by atoms with van der Waals surface area (Å²) in [6, 6.07) is 7.93. The summed E-state index contributed by atoms with van der Waals surface area (Å²) < 4.78 is 7.51. The van der Waals surface area contributed by atoms with E-state index in [0.717, 1.165) is 66.9 Å². The second kappa shape index (κ2) is 7.54. The van der Waals surface area contributed by atoms with Gasteiger partial charge in [0.15, 0.2) is 0 Å². The van der Waals surface area contributed by atoms with Gasteiger partial charge in [-0.3, -0.25) is 0 Å². The van der Waals surface area contributed by atoms with E-state index in [1.807, 2.05) is 24.3 Å². The maximum Gasteiger partial charge on any atom is 0.146 e. The van der Waals surface area contributed by atoms with Gasteiger partial charge >= 0.3 is 0 Å². The molecule has 0 aliphatic carbocycles. The van der Waals surface area contributed by atoms with Crippen LogP contribution in [0, 0.1) is 0 Å². The van der Waals surface area contributed by atoms with Crippen LogP contribution >= 0.6 is 0 Å². The van der Waals surface area contributed by atoms with E-state index in [0.29, 0.717) is 5.82 Å². The summed E-state index contributed by atoms with van der Waals surface area (Å²) in [4.78, 5) is 11.1. The molecule has 0 amide bonds. The number of ether oxygens (including phenoxy) is 1. The van der Waals surface area contributed by atoms with E-state index in [1.165, 1.54) is 6.33 Å². The quantitative estimate of drug-likeness (QED) is 0.718. The first-order valence-corrected chi connectivity index (χ1v) is 9.30. The van der Waals surface area contributed by atoms with Gasteiger partial charge in [-0.1, -0.05) is 12.1 Å². The largest absolute Gasteiger partial charge is 0.497 e. The highest BCUT2D eigenvalue weighted by Crippen LogP contribution is 2.34. The van der Waals surface area contributed by atoms with Crippen molar-refractivity contribution in [1.29, 1.82) is 0 Å². The molecule has 1 aromatic carbocycles. The minimum atomic E-state index is -0.152. The van der Waals surface area contributed by atoms with Crippen molar-refractivity contribution < 1.29 is 9.84 Å². The fourth-order valence-corrected chi connectivity index (χ4v) is 3.72. The minimum absolute atomic E-state index is 0.152. The molecule has 1 aliphatic heterocycles. The monoisotopic (exact) mass is 367 g/mol. The number of hydrogen-bond acceptors (Lipinski definition) is 6. The minimum Gasteiger partial charge on any atom is -0.497 e. The zero-order chi connectivity index (χ0) is 18.8. The zero-order valence-corrected chi connectivity index (χ0v) is 15.5. The lowest BCUT2D eigenvalue weighted by Crippen LogP contribution is -2.37. The van der Waals surface area contributed by atoms with Crippen LogP contribution in [0.5, 0.6) is 5.75 Å². The molecule has 0 radical (unpaired) electrons. The highest BCUT2D eigenvalue weighted by Gasteiger charge is 2.19. The molecule has 0 bridgehead atoms. The first-order valence-electron chi connectivity index (χ1n) is 9.30. The molecular formula is C20H25N5O2. The van der Waals surface area contributed by atoms with Gasteiger partial charge in [-0.15, -0.1) is 0 Å². The number of nitrogen functional groups attached to an aromatic ring is 1. The van der Waals surface area contributed by atoms with E-state index in [9.17, 15) is 5.11 Å². The van der Waals surface area contributed by atoms with Crippen molar-refractivity contribution in [2.75, 3.05) is 32.5 Å². The summed E-state index contributed by atoms with van der Waals surface area (Å²) >= 11 is 0. The Kier molecular flexibility index (Phi) is 4.96. The van der Waals surface area contributed by atoms with Crippen molar-refractivity contribution in [3.05, 3.63) is 36.8 Å². The second-order valence-electron chi connectivity index (χ2n) is 7.00. The van der Waals surface area contributed by atoms with Gasteiger partial charge in [0.25, 0.3) is 0 Å². The topological polar surface area (TPSA) is 89.4 Å². The number of likely N-dealkylation sites (tertiary alicyclic amines) is 1. The fraction of sp³-hybridized carbons (Fsp3) is 0.400. The lowest BCUT2D eigenvalue weighted by molar-refractivity contribution is 0.0811. The van der Waals surface area contributed by atoms with Crippen molar-refractivity contribution >= 4 is 16.9 Å². The number of nitrogens with two attached hydrogens (primary N) is 1. The average Bonchev–Trinajstić information content (AvgIpc) is 3.08.